The molecule has 150 valence electrons. The van der Waals surface area contributed by atoms with Crippen LogP contribution in [0.2, 0.25) is 0 Å². The van der Waals surface area contributed by atoms with E-state index >= 15 is 0 Å². The van der Waals surface area contributed by atoms with E-state index in [-0.39, 0.29) is 4.32 Å². The molecule has 0 atom stereocenters. The number of allylic oxidation sites excluding steroid dienone is 1. The van der Waals surface area contributed by atoms with Crippen molar-refractivity contribution in [2.45, 2.75) is 13.5 Å². The summed E-state index contributed by atoms with van der Waals surface area (Å²) in [6, 6.07) is 15.2. The number of carbonyl (C=O) groups is 2. The Balaban J connectivity index is 1.83. The maximum atomic E-state index is 12.6. The van der Waals surface area contributed by atoms with Crippen molar-refractivity contribution in [3.63, 3.8) is 0 Å². The van der Waals surface area contributed by atoms with E-state index in [1.54, 1.807) is 26.2 Å². The lowest BCUT2D eigenvalue weighted by Gasteiger charge is -2.13. The summed E-state index contributed by atoms with van der Waals surface area (Å²) in [5, 5.41) is 8.97. The molecule has 0 aliphatic carbocycles. The fourth-order valence-electron chi connectivity index (χ4n) is 2.79. The Morgan fingerprint density at radius 2 is 1.90 bits per heavy atom. The zero-order valence-electron chi connectivity index (χ0n) is 15.9. The van der Waals surface area contributed by atoms with E-state index < -0.39 is 18.4 Å². The van der Waals surface area contributed by atoms with Crippen molar-refractivity contribution >= 4 is 45.7 Å². The second-order valence-corrected chi connectivity index (χ2v) is 7.89. The van der Waals surface area contributed by atoms with E-state index in [9.17, 15) is 9.59 Å². The van der Waals surface area contributed by atoms with Gasteiger partial charge in [0.15, 0.2) is 11.5 Å². The first-order valence-corrected chi connectivity index (χ1v) is 9.94. The minimum absolute atomic E-state index is 0.238. The lowest BCUT2D eigenvalue weighted by atomic mass is 10.1. The second-order valence-electron chi connectivity index (χ2n) is 6.25. The summed E-state index contributed by atoms with van der Waals surface area (Å²) in [5.41, 5.74) is 2.50. The Bertz CT molecular complexity index is 988. The van der Waals surface area contributed by atoms with E-state index in [4.69, 9.17) is 26.8 Å². The third-order valence-corrected chi connectivity index (χ3v) is 5.87. The molecular weight excluding hydrogens is 410 g/mol. The summed E-state index contributed by atoms with van der Waals surface area (Å²) in [7, 11) is 1.55. The average molecular weight is 430 g/mol. The molecule has 0 radical (unpaired) electrons. The van der Waals surface area contributed by atoms with Gasteiger partial charge in [-0.1, -0.05) is 60.4 Å². The van der Waals surface area contributed by atoms with Crippen LogP contribution in [0.4, 0.5) is 0 Å². The van der Waals surface area contributed by atoms with Crippen LogP contribution in [0.15, 0.2) is 53.4 Å². The third-order valence-electron chi connectivity index (χ3n) is 4.32. The van der Waals surface area contributed by atoms with E-state index in [2.05, 4.69) is 0 Å². The molecular formula is C21H19NO5S2. The second kappa shape index (κ2) is 9.11. The number of thioether (sulfide) groups is 1. The van der Waals surface area contributed by atoms with Gasteiger partial charge in [0.1, 0.15) is 17.5 Å². The van der Waals surface area contributed by atoms with Crippen molar-refractivity contribution in [1.82, 2.24) is 4.90 Å². The van der Waals surface area contributed by atoms with E-state index in [0.29, 0.717) is 28.6 Å². The van der Waals surface area contributed by atoms with Gasteiger partial charge in [-0.3, -0.25) is 14.5 Å². The maximum absolute atomic E-state index is 12.6. The number of hydrogen-bond donors (Lipinski definition) is 1. The van der Waals surface area contributed by atoms with Crippen LogP contribution in [0, 0.1) is 0 Å². The zero-order valence-corrected chi connectivity index (χ0v) is 17.5. The number of methoxy groups -OCH3 is 1. The van der Waals surface area contributed by atoms with Crippen LogP contribution in [0.3, 0.4) is 0 Å². The molecule has 1 heterocycles. The summed E-state index contributed by atoms with van der Waals surface area (Å²) < 4.78 is 11.6. The summed E-state index contributed by atoms with van der Waals surface area (Å²) in [4.78, 5) is 25.1. The van der Waals surface area contributed by atoms with E-state index in [1.807, 2.05) is 36.4 Å². The Hall–Kier alpha value is -2.84. The van der Waals surface area contributed by atoms with Crippen molar-refractivity contribution in [2.24, 2.45) is 0 Å². The monoisotopic (exact) mass is 429 g/mol. The van der Waals surface area contributed by atoms with Gasteiger partial charge in [0, 0.05) is 0 Å². The minimum atomic E-state index is -1.11. The number of rotatable bonds is 7. The molecule has 0 spiro atoms. The van der Waals surface area contributed by atoms with Crippen molar-refractivity contribution in [3.8, 4) is 11.5 Å². The van der Waals surface area contributed by atoms with Gasteiger partial charge in [-0.25, -0.2) is 0 Å². The van der Waals surface area contributed by atoms with Gasteiger partial charge in [0.25, 0.3) is 5.91 Å². The lowest BCUT2D eigenvalue weighted by Crippen LogP contribution is -2.33. The summed E-state index contributed by atoms with van der Waals surface area (Å²) >= 11 is 6.26. The fourth-order valence-corrected chi connectivity index (χ4v) is 4.08. The molecule has 3 rings (SSSR count). The van der Waals surface area contributed by atoms with Gasteiger partial charge in [-0.15, -0.1) is 0 Å². The first-order valence-electron chi connectivity index (χ1n) is 8.72. The molecule has 6 nitrogen and oxygen atoms in total. The molecule has 0 bridgehead atoms. The quantitative estimate of drug-likeness (QED) is 0.528. The predicted molar refractivity (Wildman–Crippen MR) is 116 cm³/mol. The topological polar surface area (TPSA) is 76.1 Å². The van der Waals surface area contributed by atoms with E-state index in [0.717, 1.165) is 27.8 Å². The highest BCUT2D eigenvalue weighted by Crippen LogP contribution is 2.38. The average Bonchev–Trinajstić information content (AvgIpc) is 3.00. The molecule has 1 N–H and O–H groups in total. The van der Waals surface area contributed by atoms with E-state index in [1.165, 1.54) is 0 Å². The number of thiocarbonyl (C=S) groups is 1. The van der Waals surface area contributed by atoms with Crippen LogP contribution < -0.4 is 9.47 Å². The van der Waals surface area contributed by atoms with Gasteiger partial charge in [0.2, 0.25) is 0 Å². The molecule has 29 heavy (non-hydrogen) atoms. The van der Waals surface area contributed by atoms with Crippen molar-refractivity contribution in [2.75, 3.05) is 13.7 Å². The highest BCUT2D eigenvalue weighted by atomic mass is 32.2. The first kappa shape index (κ1) is 20.9. The number of nitrogens with zero attached hydrogens (tertiary/aromatic N) is 1. The molecule has 0 aromatic heterocycles. The number of aliphatic carboxylic acids is 1. The largest absolute Gasteiger partial charge is 0.493 e. The Morgan fingerprint density at radius 1 is 1.17 bits per heavy atom. The SMILES string of the molecule is COc1cc(/C(C)=C2/SC(=S)N(CC(=O)O)C2=O)ccc1OCc1ccccc1. The van der Waals surface area contributed by atoms with Crippen molar-refractivity contribution in [3.05, 3.63) is 64.6 Å². The Kier molecular flexibility index (Phi) is 6.56. The summed E-state index contributed by atoms with van der Waals surface area (Å²) in [6.07, 6.45) is 0. The van der Waals surface area contributed by atoms with Crippen LogP contribution >= 0.6 is 24.0 Å². The zero-order chi connectivity index (χ0) is 21.0. The highest BCUT2D eigenvalue weighted by molar-refractivity contribution is 8.26. The minimum Gasteiger partial charge on any atom is -0.493 e. The van der Waals surface area contributed by atoms with Gasteiger partial charge in [-0.2, -0.15) is 0 Å². The molecule has 1 fully saturated rings. The maximum Gasteiger partial charge on any atom is 0.323 e. The first-order chi connectivity index (χ1) is 13.9. The van der Waals surface area contributed by atoms with Crippen LogP contribution in [-0.2, 0) is 16.2 Å². The van der Waals surface area contributed by atoms with Gasteiger partial charge < -0.3 is 14.6 Å². The molecule has 1 aliphatic heterocycles. The molecule has 0 saturated carbocycles. The molecule has 2 aromatic rings. The number of ether oxygens (including phenoxy) is 2. The lowest BCUT2D eigenvalue weighted by molar-refractivity contribution is -0.140. The van der Waals surface area contributed by atoms with Crippen LogP contribution in [-0.4, -0.2) is 39.9 Å². The molecule has 2 aromatic carbocycles. The fraction of sp³-hybridized carbons (Fsp3) is 0.190. The Labute approximate surface area is 178 Å². The number of benzene rings is 2. The van der Waals surface area contributed by atoms with Crippen LogP contribution in [0.25, 0.3) is 5.57 Å². The summed E-state index contributed by atoms with van der Waals surface area (Å²) in [6.45, 7) is 1.76. The molecule has 1 saturated heterocycles. The number of carboxylic acids is 1. The molecule has 1 amide bonds. The number of carboxylic acid groups (broad SMARTS) is 1. The number of amides is 1. The smallest absolute Gasteiger partial charge is 0.323 e. The van der Waals surface area contributed by atoms with Gasteiger partial charge in [0.05, 0.1) is 12.0 Å². The molecule has 1 aliphatic rings. The van der Waals surface area contributed by atoms with Gasteiger partial charge >= 0.3 is 5.97 Å². The third kappa shape index (κ3) is 4.78. The normalized spacial score (nSPS) is 15.4. The standard InChI is InChI=1S/C21H19NO5S2/c1-13(19-20(25)22(11-18(23)24)21(28)29-19)15-8-9-16(17(10-15)26-2)27-12-14-6-4-3-5-7-14/h3-10H,11-12H2,1-2H3,(H,23,24)/b19-13+. The Morgan fingerprint density at radius 3 is 2.55 bits per heavy atom. The molecule has 0 unspecified atom stereocenters. The van der Waals surface area contributed by atoms with Crippen LogP contribution in [0.5, 0.6) is 11.5 Å². The number of hydrogen-bond acceptors (Lipinski definition) is 6. The van der Waals surface area contributed by atoms with Crippen LogP contribution in [0.1, 0.15) is 18.1 Å². The van der Waals surface area contributed by atoms with Crippen molar-refractivity contribution < 1.29 is 24.2 Å². The highest BCUT2D eigenvalue weighted by Gasteiger charge is 2.35. The predicted octanol–water partition coefficient (Wildman–Crippen LogP) is 3.95. The summed E-state index contributed by atoms with van der Waals surface area (Å²) in [5.74, 6) is -0.379. The van der Waals surface area contributed by atoms with Gasteiger partial charge in [-0.05, 0) is 35.8 Å². The molecule has 8 heteroatoms. The van der Waals surface area contributed by atoms with Crippen molar-refractivity contribution in [1.29, 1.82) is 0 Å². The number of carbonyl (C=O) groups excluding carboxylic acids is 1.